The van der Waals surface area contributed by atoms with Crippen molar-refractivity contribution in [3.05, 3.63) is 48.0 Å². The number of rotatable bonds is 3. The van der Waals surface area contributed by atoms with Crippen LogP contribution in [0.2, 0.25) is 0 Å². The standard InChI is InChI=1S/C16H17N/c1-3-4-12-17-13(2)15-11-7-9-14-8-5-6-10-16(14)15/h5-11,13,17H,12H2,1-2H3. The van der Waals surface area contributed by atoms with Gasteiger partial charge in [-0.05, 0) is 30.2 Å². The number of hydrogen-bond acceptors (Lipinski definition) is 1. The molecule has 1 N–H and O–H groups in total. The highest BCUT2D eigenvalue weighted by molar-refractivity contribution is 5.86. The third kappa shape index (κ3) is 2.67. The van der Waals surface area contributed by atoms with E-state index in [2.05, 4.69) is 66.5 Å². The Morgan fingerprint density at radius 1 is 1.12 bits per heavy atom. The van der Waals surface area contributed by atoms with Crippen molar-refractivity contribution in [2.75, 3.05) is 6.54 Å². The second kappa shape index (κ2) is 5.52. The first-order valence-corrected chi connectivity index (χ1v) is 5.93. The lowest BCUT2D eigenvalue weighted by atomic mass is 10.00. The van der Waals surface area contributed by atoms with Crippen molar-refractivity contribution in [1.29, 1.82) is 0 Å². The maximum Gasteiger partial charge on any atom is 0.0581 e. The molecule has 2 rings (SSSR count). The maximum atomic E-state index is 3.42. The van der Waals surface area contributed by atoms with Crippen LogP contribution in [0.3, 0.4) is 0 Å². The topological polar surface area (TPSA) is 12.0 Å². The molecule has 0 aliphatic heterocycles. The van der Waals surface area contributed by atoms with Gasteiger partial charge in [0.15, 0.2) is 0 Å². The summed E-state index contributed by atoms with van der Waals surface area (Å²) in [4.78, 5) is 0. The third-order valence-corrected chi connectivity index (χ3v) is 2.96. The zero-order valence-electron chi connectivity index (χ0n) is 10.3. The van der Waals surface area contributed by atoms with E-state index in [0.717, 1.165) is 6.54 Å². The Labute approximate surface area is 103 Å². The fourth-order valence-corrected chi connectivity index (χ4v) is 2.03. The monoisotopic (exact) mass is 223 g/mol. The van der Waals surface area contributed by atoms with Crippen LogP contribution in [-0.4, -0.2) is 6.54 Å². The predicted octanol–water partition coefficient (Wildman–Crippen LogP) is 3.51. The fourth-order valence-electron chi connectivity index (χ4n) is 2.03. The summed E-state index contributed by atoms with van der Waals surface area (Å²) < 4.78 is 0. The molecule has 1 unspecified atom stereocenters. The first-order chi connectivity index (χ1) is 8.33. The molecule has 17 heavy (non-hydrogen) atoms. The highest BCUT2D eigenvalue weighted by atomic mass is 14.9. The number of fused-ring (bicyclic) bond motifs is 1. The molecular weight excluding hydrogens is 206 g/mol. The molecule has 1 heteroatoms. The quantitative estimate of drug-likeness (QED) is 0.785. The fraction of sp³-hybridized carbons (Fsp3) is 0.250. The molecule has 0 radical (unpaired) electrons. The van der Waals surface area contributed by atoms with Gasteiger partial charge >= 0.3 is 0 Å². The molecule has 0 aliphatic rings. The second-order valence-electron chi connectivity index (χ2n) is 4.10. The van der Waals surface area contributed by atoms with Gasteiger partial charge in [0, 0.05) is 6.04 Å². The molecule has 0 fully saturated rings. The first-order valence-electron chi connectivity index (χ1n) is 5.93. The van der Waals surface area contributed by atoms with Crippen LogP contribution in [0.1, 0.15) is 25.5 Å². The van der Waals surface area contributed by atoms with Crippen LogP contribution in [-0.2, 0) is 0 Å². The largest absolute Gasteiger partial charge is 0.300 e. The number of benzene rings is 2. The summed E-state index contributed by atoms with van der Waals surface area (Å²) >= 11 is 0. The Bertz CT molecular complexity index is 555. The average Bonchev–Trinajstić information content (AvgIpc) is 2.38. The van der Waals surface area contributed by atoms with Crippen LogP contribution in [0.4, 0.5) is 0 Å². The maximum absolute atomic E-state index is 3.42. The Kier molecular flexibility index (Phi) is 3.80. The molecule has 86 valence electrons. The lowest BCUT2D eigenvalue weighted by molar-refractivity contribution is 0.627. The van der Waals surface area contributed by atoms with Crippen molar-refractivity contribution < 1.29 is 0 Å². The molecule has 0 amide bonds. The van der Waals surface area contributed by atoms with Gasteiger partial charge in [-0.3, -0.25) is 5.32 Å². The molecule has 0 bridgehead atoms. The third-order valence-electron chi connectivity index (χ3n) is 2.96. The van der Waals surface area contributed by atoms with E-state index in [1.165, 1.54) is 16.3 Å². The van der Waals surface area contributed by atoms with Gasteiger partial charge in [0.1, 0.15) is 0 Å². The molecular formula is C16H17N. The Morgan fingerprint density at radius 2 is 1.88 bits per heavy atom. The van der Waals surface area contributed by atoms with Crippen LogP contribution >= 0.6 is 0 Å². The van der Waals surface area contributed by atoms with Crippen LogP contribution in [0.25, 0.3) is 10.8 Å². The van der Waals surface area contributed by atoms with Gasteiger partial charge < -0.3 is 0 Å². The Balaban J connectivity index is 2.30. The van der Waals surface area contributed by atoms with Gasteiger partial charge in [0.2, 0.25) is 0 Å². The molecule has 0 aliphatic carbocycles. The van der Waals surface area contributed by atoms with Gasteiger partial charge in [0.25, 0.3) is 0 Å². The normalized spacial score (nSPS) is 11.9. The number of nitrogens with one attached hydrogen (secondary N) is 1. The minimum Gasteiger partial charge on any atom is -0.300 e. The van der Waals surface area contributed by atoms with Crippen LogP contribution in [0, 0.1) is 11.8 Å². The van der Waals surface area contributed by atoms with E-state index >= 15 is 0 Å². The minimum absolute atomic E-state index is 0.321. The average molecular weight is 223 g/mol. The van der Waals surface area contributed by atoms with E-state index in [0.29, 0.717) is 6.04 Å². The van der Waals surface area contributed by atoms with Crippen molar-refractivity contribution in [2.45, 2.75) is 19.9 Å². The van der Waals surface area contributed by atoms with E-state index in [-0.39, 0.29) is 0 Å². The van der Waals surface area contributed by atoms with Crippen molar-refractivity contribution in [2.24, 2.45) is 0 Å². The summed E-state index contributed by atoms with van der Waals surface area (Å²) in [7, 11) is 0. The van der Waals surface area contributed by atoms with Gasteiger partial charge in [-0.1, -0.05) is 48.4 Å². The zero-order chi connectivity index (χ0) is 12.1. The Hall–Kier alpha value is -1.78. The number of hydrogen-bond donors (Lipinski definition) is 1. The summed E-state index contributed by atoms with van der Waals surface area (Å²) in [6, 6.07) is 15.3. The molecule has 2 aromatic rings. The van der Waals surface area contributed by atoms with Crippen LogP contribution in [0.15, 0.2) is 42.5 Å². The van der Waals surface area contributed by atoms with Crippen molar-refractivity contribution >= 4 is 10.8 Å². The molecule has 0 aromatic heterocycles. The summed E-state index contributed by atoms with van der Waals surface area (Å²) in [5.74, 6) is 5.94. The van der Waals surface area contributed by atoms with E-state index in [1.807, 2.05) is 6.92 Å². The van der Waals surface area contributed by atoms with Crippen molar-refractivity contribution in [1.82, 2.24) is 5.32 Å². The molecule has 0 saturated carbocycles. The summed E-state index contributed by atoms with van der Waals surface area (Å²) in [5.41, 5.74) is 1.33. The lowest BCUT2D eigenvalue weighted by Crippen LogP contribution is -2.18. The summed E-state index contributed by atoms with van der Waals surface area (Å²) in [5, 5.41) is 6.03. The minimum atomic E-state index is 0.321. The molecule has 2 aromatic carbocycles. The lowest BCUT2D eigenvalue weighted by Gasteiger charge is -2.14. The molecule has 1 nitrogen and oxygen atoms in total. The van der Waals surface area contributed by atoms with Crippen molar-refractivity contribution in [3.63, 3.8) is 0 Å². The van der Waals surface area contributed by atoms with Crippen molar-refractivity contribution in [3.8, 4) is 11.8 Å². The highest BCUT2D eigenvalue weighted by Gasteiger charge is 2.07. The predicted molar refractivity (Wildman–Crippen MR) is 73.8 cm³/mol. The van der Waals surface area contributed by atoms with Gasteiger partial charge in [-0.25, -0.2) is 0 Å². The van der Waals surface area contributed by atoms with Crippen LogP contribution in [0.5, 0.6) is 0 Å². The molecule has 1 atom stereocenters. The van der Waals surface area contributed by atoms with E-state index in [4.69, 9.17) is 0 Å². The highest BCUT2D eigenvalue weighted by Crippen LogP contribution is 2.23. The van der Waals surface area contributed by atoms with Gasteiger partial charge in [-0.2, -0.15) is 0 Å². The molecule has 0 spiro atoms. The van der Waals surface area contributed by atoms with Gasteiger partial charge in [-0.15, -0.1) is 5.92 Å². The smallest absolute Gasteiger partial charge is 0.0581 e. The van der Waals surface area contributed by atoms with Gasteiger partial charge in [0.05, 0.1) is 6.54 Å². The zero-order valence-corrected chi connectivity index (χ0v) is 10.3. The first kappa shape index (κ1) is 11.7. The molecule has 0 saturated heterocycles. The van der Waals surface area contributed by atoms with E-state index < -0.39 is 0 Å². The SMILES string of the molecule is CC#CCNC(C)c1cccc2ccccc12. The van der Waals surface area contributed by atoms with E-state index in [1.54, 1.807) is 0 Å². The Morgan fingerprint density at radius 3 is 2.71 bits per heavy atom. The van der Waals surface area contributed by atoms with Crippen LogP contribution < -0.4 is 5.32 Å². The van der Waals surface area contributed by atoms with E-state index in [9.17, 15) is 0 Å². The summed E-state index contributed by atoms with van der Waals surface area (Å²) in [6.07, 6.45) is 0. The second-order valence-corrected chi connectivity index (χ2v) is 4.10. The molecule has 0 heterocycles. The summed E-state index contributed by atoms with van der Waals surface area (Å²) in [6.45, 7) is 4.78.